The first-order valence-electron chi connectivity index (χ1n) is 8.40. The normalized spacial score (nSPS) is 16.4. The topological polar surface area (TPSA) is 34.6 Å². The maximum absolute atomic E-state index is 13.5. The average molecular weight is 355 g/mol. The minimum atomic E-state index is -0.262. The molecule has 25 heavy (non-hydrogen) atoms. The van der Waals surface area contributed by atoms with Crippen LogP contribution in [0.3, 0.4) is 0 Å². The van der Waals surface area contributed by atoms with Gasteiger partial charge in [-0.1, -0.05) is 18.0 Å². The molecule has 0 saturated heterocycles. The van der Waals surface area contributed by atoms with Crippen LogP contribution in [-0.4, -0.2) is 18.8 Å². The fraction of sp³-hybridized carbons (Fsp3) is 0.263. The number of nitrogens with zero attached hydrogens (tertiary/aromatic N) is 4. The van der Waals surface area contributed by atoms with Gasteiger partial charge in [0, 0.05) is 42.7 Å². The Bertz CT molecular complexity index is 1090. The van der Waals surface area contributed by atoms with Crippen LogP contribution in [-0.2, 0) is 11.8 Å². The van der Waals surface area contributed by atoms with Gasteiger partial charge in [-0.2, -0.15) is 0 Å². The highest BCUT2D eigenvalue weighted by Gasteiger charge is 2.41. The minimum Gasteiger partial charge on any atom is -0.307 e. The van der Waals surface area contributed by atoms with Gasteiger partial charge in [-0.25, -0.2) is 14.4 Å². The Morgan fingerprint density at radius 3 is 2.76 bits per heavy atom. The highest BCUT2D eigenvalue weighted by molar-refractivity contribution is 6.33. The van der Waals surface area contributed by atoms with E-state index in [0.29, 0.717) is 10.7 Å². The lowest BCUT2D eigenvalue weighted by atomic mass is 9.64. The highest BCUT2D eigenvalue weighted by atomic mass is 35.5. The summed E-state index contributed by atoms with van der Waals surface area (Å²) >= 11 is 6.24. The molecule has 4 aromatic rings. The summed E-state index contributed by atoms with van der Waals surface area (Å²) in [6.45, 7) is 0. The SMILES string of the molecule is Fc1ccn2cc(C3(Cc4cn5cccc(Cl)c5n4)CCC3)nc2c1. The van der Waals surface area contributed by atoms with Gasteiger partial charge in [-0.3, -0.25) is 0 Å². The molecular formula is C19H16ClFN4. The Kier molecular flexibility index (Phi) is 3.16. The van der Waals surface area contributed by atoms with Crippen molar-refractivity contribution in [1.29, 1.82) is 0 Å². The molecule has 0 unspecified atom stereocenters. The molecule has 5 rings (SSSR count). The lowest BCUT2D eigenvalue weighted by molar-refractivity contribution is 0.234. The summed E-state index contributed by atoms with van der Waals surface area (Å²) in [6.07, 6.45) is 11.9. The van der Waals surface area contributed by atoms with E-state index in [4.69, 9.17) is 21.6 Å². The summed E-state index contributed by atoms with van der Waals surface area (Å²) in [7, 11) is 0. The first-order valence-corrected chi connectivity index (χ1v) is 8.78. The lowest BCUT2D eigenvalue weighted by Gasteiger charge is -2.40. The van der Waals surface area contributed by atoms with Crippen molar-refractivity contribution in [3.05, 3.63) is 71.3 Å². The van der Waals surface area contributed by atoms with Gasteiger partial charge in [-0.05, 0) is 31.0 Å². The fourth-order valence-electron chi connectivity index (χ4n) is 3.80. The average Bonchev–Trinajstić information content (AvgIpc) is 3.14. The van der Waals surface area contributed by atoms with E-state index in [0.717, 1.165) is 36.3 Å². The number of halogens is 2. The largest absolute Gasteiger partial charge is 0.307 e. The lowest BCUT2D eigenvalue weighted by Crippen LogP contribution is -2.37. The Balaban J connectivity index is 1.55. The quantitative estimate of drug-likeness (QED) is 0.545. The second-order valence-corrected chi connectivity index (χ2v) is 7.27. The number of pyridine rings is 2. The van der Waals surface area contributed by atoms with E-state index in [1.165, 1.54) is 18.6 Å². The van der Waals surface area contributed by atoms with E-state index in [2.05, 4.69) is 0 Å². The summed E-state index contributed by atoms with van der Waals surface area (Å²) in [5, 5.41) is 0.652. The van der Waals surface area contributed by atoms with Crippen LogP contribution in [0, 0.1) is 5.82 Å². The third-order valence-electron chi connectivity index (χ3n) is 5.28. The van der Waals surface area contributed by atoms with Crippen LogP contribution < -0.4 is 0 Å². The minimum absolute atomic E-state index is 0.0209. The van der Waals surface area contributed by atoms with Crippen LogP contribution in [0.4, 0.5) is 4.39 Å². The Morgan fingerprint density at radius 2 is 2.00 bits per heavy atom. The van der Waals surface area contributed by atoms with Crippen LogP contribution in [0.25, 0.3) is 11.3 Å². The van der Waals surface area contributed by atoms with Crippen LogP contribution in [0.5, 0.6) is 0 Å². The van der Waals surface area contributed by atoms with Gasteiger partial charge in [0.15, 0.2) is 5.65 Å². The summed E-state index contributed by atoms with van der Waals surface area (Å²) in [5.74, 6) is -0.262. The first-order chi connectivity index (χ1) is 12.1. The zero-order valence-electron chi connectivity index (χ0n) is 13.5. The standard InChI is InChI=1S/C19H16ClFN4/c20-15-3-1-7-25-11-14(22-18(15)25)10-19(5-2-6-19)16-12-24-8-4-13(21)9-17(24)23-16/h1,3-4,7-9,11-12H,2,5-6,10H2. The van der Waals surface area contributed by atoms with Crippen molar-refractivity contribution in [2.24, 2.45) is 0 Å². The number of hydrogen-bond donors (Lipinski definition) is 0. The molecule has 1 aliphatic carbocycles. The van der Waals surface area contributed by atoms with E-state index >= 15 is 0 Å². The van der Waals surface area contributed by atoms with E-state index in [1.807, 2.05) is 39.5 Å². The smallest absolute Gasteiger partial charge is 0.155 e. The molecule has 4 nitrogen and oxygen atoms in total. The maximum Gasteiger partial charge on any atom is 0.155 e. The molecule has 126 valence electrons. The molecule has 0 spiro atoms. The summed E-state index contributed by atoms with van der Waals surface area (Å²) in [5.41, 5.74) is 3.45. The molecule has 0 bridgehead atoms. The first kappa shape index (κ1) is 14.9. The predicted molar refractivity (Wildman–Crippen MR) is 94.6 cm³/mol. The molecule has 0 aliphatic heterocycles. The molecule has 6 heteroatoms. The summed E-state index contributed by atoms with van der Waals surface area (Å²) in [4.78, 5) is 9.41. The van der Waals surface area contributed by atoms with Gasteiger partial charge >= 0.3 is 0 Å². The number of imidazole rings is 2. The van der Waals surface area contributed by atoms with Crippen LogP contribution in [0.1, 0.15) is 30.7 Å². The van der Waals surface area contributed by atoms with Gasteiger partial charge in [0.05, 0.1) is 16.4 Å². The zero-order chi connectivity index (χ0) is 17.0. The van der Waals surface area contributed by atoms with Gasteiger partial charge < -0.3 is 8.80 Å². The molecule has 0 amide bonds. The Morgan fingerprint density at radius 1 is 1.12 bits per heavy atom. The molecule has 0 aromatic carbocycles. The highest BCUT2D eigenvalue weighted by Crippen LogP contribution is 2.45. The number of hydrogen-bond acceptors (Lipinski definition) is 2. The molecule has 1 aliphatic rings. The maximum atomic E-state index is 13.5. The predicted octanol–water partition coefficient (Wildman–Crippen LogP) is 4.44. The molecule has 0 atom stereocenters. The van der Waals surface area contributed by atoms with E-state index < -0.39 is 0 Å². The van der Waals surface area contributed by atoms with Gasteiger partial charge in [0.2, 0.25) is 0 Å². The molecule has 1 fully saturated rings. The molecule has 4 aromatic heterocycles. The van der Waals surface area contributed by atoms with Crippen molar-refractivity contribution >= 4 is 22.9 Å². The van der Waals surface area contributed by atoms with Crippen LogP contribution >= 0.6 is 11.6 Å². The van der Waals surface area contributed by atoms with Crippen molar-refractivity contribution in [2.75, 3.05) is 0 Å². The summed E-state index contributed by atoms with van der Waals surface area (Å²) in [6, 6.07) is 6.69. The van der Waals surface area contributed by atoms with Crippen molar-refractivity contribution in [1.82, 2.24) is 18.8 Å². The summed E-state index contributed by atoms with van der Waals surface area (Å²) < 4.78 is 17.3. The molecule has 1 saturated carbocycles. The Labute approximate surface area is 148 Å². The number of rotatable bonds is 3. The van der Waals surface area contributed by atoms with Crippen molar-refractivity contribution in [2.45, 2.75) is 31.1 Å². The van der Waals surface area contributed by atoms with E-state index in [-0.39, 0.29) is 11.2 Å². The monoisotopic (exact) mass is 354 g/mol. The van der Waals surface area contributed by atoms with Gasteiger partial charge in [0.25, 0.3) is 0 Å². The number of fused-ring (bicyclic) bond motifs is 2. The third kappa shape index (κ3) is 2.34. The van der Waals surface area contributed by atoms with E-state index in [9.17, 15) is 4.39 Å². The van der Waals surface area contributed by atoms with E-state index in [1.54, 1.807) is 6.20 Å². The third-order valence-corrected chi connectivity index (χ3v) is 5.58. The second-order valence-electron chi connectivity index (χ2n) is 6.87. The van der Waals surface area contributed by atoms with Crippen molar-refractivity contribution in [3.8, 4) is 0 Å². The zero-order valence-corrected chi connectivity index (χ0v) is 14.2. The van der Waals surface area contributed by atoms with Gasteiger partial charge in [-0.15, -0.1) is 0 Å². The molecule has 0 radical (unpaired) electrons. The Hall–Kier alpha value is -2.40. The van der Waals surface area contributed by atoms with Crippen LogP contribution in [0.15, 0.2) is 49.1 Å². The van der Waals surface area contributed by atoms with Crippen molar-refractivity contribution < 1.29 is 4.39 Å². The molecule has 0 N–H and O–H groups in total. The van der Waals surface area contributed by atoms with Crippen LogP contribution in [0.2, 0.25) is 5.02 Å². The second kappa shape index (κ2) is 5.30. The van der Waals surface area contributed by atoms with Crippen molar-refractivity contribution in [3.63, 3.8) is 0 Å². The number of aromatic nitrogens is 4. The van der Waals surface area contributed by atoms with Gasteiger partial charge in [0.1, 0.15) is 11.5 Å². The molecule has 4 heterocycles. The fourth-order valence-corrected chi connectivity index (χ4v) is 4.01. The molecular weight excluding hydrogens is 339 g/mol.